The number of aromatic nitrogens is 2. The second-order valence-electron chi connectivity index (χ2n) is 28.1. The van der Waals surface area contributed by atoms with Crippen molar-refractivity contribution in [2.45, 2.75) is 122 Å². The molecule has 2 fully saturated rings. The molecule has 5 atom stereocenters. The Morgan fingerprint density at radius 3 is 2.10 bits per heavy atom. The van der Waals surface area contributed by atoms with Gasteiger partial charge in [-0.05, 0) is 146 Å². The maximum Gasteiger partial charge on any atom is 0.416 e. The lowest BCUT2D eigenvalue weighted by Gasteiger charge is -2.31. The summed E-state index contributed by atoms with van der Waals surface area (Å²) in [7, 11) is 3.00. The average Bonchev–Trinajstić information content (AvgIpc) is 1.57. The molecule has 1 unspecified atom stereocenters. The van der Waals surface area contributed by atoms with Gasteiger partial charge in [0.15, 0.2) is 29.2 Å². The van der Waals surface area contributed by atoms with Crippen LogP contribution in [0.25, 0.3) is 11.3 Å². The minimum atomic E-state index is -1.48. The summed E-state index contributed by atoms with van der Waals surface area (Å²) in [6, 6.07) is 34.8. The Kier molecular flexibility index (Phi) is 22.4. The van der Waals surface area contributed by atoms with E-state index in [1.54, 1.807) is 82.9 Å². The minimum Gasteiger partial charge on any atom is -0.493 e. The number of aliphatic hydroxyl groups is 1. The molecule has 6 aromatic carbocycles. The van der Waals surface area contributed by atoms with Crippen LogP contribution in [0.1, 0.15) is 127 Å². The van der Waals surface area contributed by atoms with Crippen LogP contribution < -0.4 is 60.6 Å². The molecule has 0 radical (unpaired) electrons. The number of ether oxygens (including phenoxy) is 5. The summed E-state index contributed by atoms with van der Waals surface area (Å²) < 4.78 is 31.8. The number of para-hydroxylation sites is 1. The van der Waals surface area contributed by atoms with Gasteiger partial charge in [-0.1, -0.05) is 80.3 Å². The topological polar surface area (TPSA) is 323 Å². The molecule has 27 heteroatoms. The first-order valence-corrected chi connectivity index (χ1v) is 36.3. The molecule has 0 bridgehead atoms. The number of amides is 9. The van der Waals surface area contributed by atoms with Crippen LogP contribution in [0.5, 0.6) is 23.0 Å². The maximum atomic E-state index is 14.5. The lowest BCUT2D eigenvalue weighted by Crippen LogP contribution is -2.55. The first-order chi connectivity index (χ1) is 52.2. The molecule has 1 saturated carbocycles. The van der Waals surface area contributed by atoms with E-state index in [-0.39, 0.29) is 84.5 Å². The number of hydrogen-bond acceptors (Lipinski definition) is 17. The number of aliphatic hydroxyl groups excluding tert-OH is 1. The molecule has 560 valence electrons. The van der Waals surface area contributed by atoms with Crippen LogP contribution >= 0.6 is 0 Å². The average molecular weight is 1470 g/mol. The van der Waals surface area contributed by atoms with E-state index in [2.05, 4.69) is 48.8 Å². The number of hydrogen-bond donors (Lipinski definition) is 7. The van der Waals surface area contributed by atoms with Crippen LogP contribution in [0.15, 0.2) is 146 Å². The number of fused-ring (bicyclic) bond motifs is 6. The highest BCUT2D eigenvalue weighted by atomic mass is 16.6. The van der Waals surface area contributed by atoms with Crippen LogP contribution in [0, 0.1) is 23.2 Å². The van der Waals surface area contributed by atoms with Gasteiger partial charge in [0.05, 0.1) is 93.0 Å². The monoisotopic (exact) mass is 1470 g/mol. The molecule has 7 aromatic rings. The molecule has 1 aliphatic carbocycles. The van der Waals surface area contributed by atoms with Crippen LogP contribution in [0.4, 0.5) is 27.5 Å². The van der Waals surface area contributed by atoms with Crippen molar-refractivity contribution in [3.05, 3.63) is 185 Å². The van der Waals surface area contributed by atoms with E-state index in [0.29, 0.717) is 97.1 Å². The minimum absolute atomic E-state index is 0.0865. The summed E-state index contributed by atoms with van der Waals surface area (Å²) in [5.41, 5.74) is 8.11. The second kappa shape index (κ2) is 32.7. The molecule has 13 rings (SSSR count). The largest absolute Gasteiger partial charge is 0.493 e. The smallest absolute Gasteiger partial charge is 0.416 e. The van der Waals surface area contributed by atoms with Gasteiger partial charge in [0, 0.05) is 73.5 Å². The first-order valence-electron chi connectivity index (χ1n) is 36.3. The number of methoxy groups -OCH3 is 2. The van der Waals surface area contributed by atoms with Crippen molar-refractivity contribution < 1.29 is 71.9 Å². The van der Waals surface area contributed by atoms with Crippen molar-refractivity contribution in [2.75, 3.05) is 74.0 Å². The lowest BCUT2D eigenvalue weighted by molar-refractivity contribution is -0.132. The number of nitrogens with one attached hydrogen (secondary N) is 6. The van der Waals surface area contributed by atoms with Gasteiger partial charge >= 0.3 is 6.09 Å². The Balaban J connectivity index is 0.557. The SMILES string of the molecule is COc1cc2c(cc1OCCCCCOc1cc3c(cc1OC)C(=O)N1CC4(CC4)C[C@H]1C(O)N3C(=O)OCc1ccc(NC(=O)[C@H](C)NC(=O)[C@@H](NC(=O)CNC(=O)CNC(=O)CCC(=O)N3Cc4ccccc4C#Cc4ccccc43)C(C)C)cc1)NC[C@@H]1CC(c3ccc(-n4cccn4)cc3)=CN1C2=O. The zero-order valence-corrected chi connectivity index (χ0v) is 60.7. The van der Waals surface area contributed by atoms with Gasteiger partial charge in [0.25, 0.3) is 11.8 Å². The summed E-state index contributed by atoms with van der Waals surface area (Å²) in [5, 5.41) is 32.9. The van der Waals surface area contributed by atoms with Crippen molar-refractivity contribution in [3.8, 4) is 40.5 Å². The zero-order valence-electron chi connectivity index (χ0n) is 60.7. The summed E-state index contributed by atoms with van der Waals surface area (Å²) in [6.45, 7) is 5.40. The Bertz CT molecular complexity index is 4700. The van der Waals surface area contributed by atoms with E-state index in [0.717, 1.165) is 45.7 Å². The van der Waals surface area contributed by atoms with Crippen LogP contribution in [0.3, 0.4) is 0 Å². The fraction of sp³-hybridized carbons (Fsp3) is 0.358. The number of carbonyl (C=O) groups is 9. The number of benzene rings is 6. The molecule has 9 amide bonds. The summed E-state index contributed by atoms with van der Waals surface area (Å²) in [4.78, 5) is 128. The Morgan fingerprint density at radius 1 is 0.704 bits per heavy atom. The molecule has 1 saturated heterocycles. The zero-order chi connectivity index (χ0) is 75.8. The Morgan fingerprint density at radius 2 is 1.39 bits per heavy atom. The molecule has 6 heterocycles. The standard InChI is InChI=1S/C81H86N12O15/c1-49(2)74(88-72(96)44-84-71(95)43-83-70(94)28-29-73(97)90-45-55-16-8-7-14-52(55)20-21-54-15-9-10-17-63(54)90)76(99)86-50(3)75(98)87-57-24-18-51(19-25-57)47-108-80(103)93-64-40-69(67(105-5)38-61(64)78(101)91-48-81(30-31-81)41-65(91)79(93)102)107-35-12-6-11-34-106-68-39-62-60(37-66(68)104-4)77(100)89-46-56(36-59(89)42-82-62)53-22-26-58(27-23-53)92-33-13-32-85-92/h7-10,13-19,22-27,32-33,37-40,46,49-50,59,65,74,79,82,102H,6,11-12,28-31,34-36,41-45,47-48H2,1-5H3,(H,83,94)(H,84,95)(H,86,99)(H,87,98)(H,88,96)/t50-,59-,65-,74-,79?/m0/s1. The number of rotatable bonds is 27. The highest BCUT2D eigenvalue weighted by Crippen LogP contribution is 2.57. The summed E-state index contributed by atoms with van der Waals surface area (Å²) in [6.07, 6.45) is 7.72. The van der Waals surface area contributed by atoms with Gasteiger partial charge in [0.1, 0.15) is 18.7 Å². The second-order valence-corrected chi connectivity index (χ2v) is 28.1. The normalized spacial score (nSPS) is 17.4. The first kappa shape index (κ1) is 74.1. The van der Waals surface area contributed by atoms with Crippen molar-refractivity contribution in [2.24, 2.45) is 11.3 Å². The number of carbonyl (C=O) groups excluding carboxylic acids is 9. The van der Waals surface area contributed by atoms with Gasteiger partial charge in [0.2, 0.25) is 35.4 Å². The van der Waals surface area contributed by atoms with Gasteiger partial charge in [-0.15, -0.1) is 0 Å². The molecule has 7 N–H and O–H groups in total. The fourth-order valence-electron chi connectivity index (χ4n) is 14.1. The van der Waals surface area contributed by atoms with Gasteiger partial charge in [-0.25, -0.2) is 14.4 Å². The Hall–Kier alpha value is -12.2. The summed E-state index contributed by atoms with van der Waals surface area (Å²) in [5.74, 6) is 3.33. The van der Waals surface area contributed by atoms with E-state index in [4.69, 9.17) is 23.7 Å². The van der Waals surface area contributed by atoms with E-state index < -0.39 is 79.0 Å². The molecule has 108 heavy (non-hydrogen) atoms. The summed E-state index contributed by atoms with van der Waals surface area (Å²) >= 11 is 0. The molecule has 6 aliphatic rings. The van der Waals surface area contributed by atoms with E-state index in [1.807, 2.05) is 91.3 Å². The molecular weight excluding hydrogens is 1380 g/mol. The highest BCUT2D eigenvalue weighted by molar-refractivity contribution is 6.07. The van der Waals surface area contributed by atoms with Crippen molar-refractivity contribution in [1.29, 1.82) is 0 Å². The van der Waals surface area contributed by atoms with Crippen LogP contribution in [-0.2, 0) is 46.7 Å². The lowest BCUT2D eigenvalue weighted by atomic mass is 10.0. The van der Waals surface area contributed by atoms with Gasteiger partial charge in [-0.3, -0.25) is 38.4 Å². The Labute approximate surface area is 624 Å². The highest BCUT2D eigenvalue weighted by Gasteiger charge is 2.58. The fourth-order valence-corrected chi connectivity index (χ4v) is 14.1. The van der Waals surface area contributed by atoms with Crippen LogP contribution in [-0.4, -0.2) is 162 Å². The van der Waals surface area contributed by atoms with E-state index in [9.17, 15) is 48.3 Å². The van der Waals surface area contributed by atoms with Crippen molar-refractivity contribution >= 4 is 81.7 Å². The van der Waals surface area contributed by atoms with E-state index in [1.165, 1.54) is 26.2 Å². The maximum absolute atomic E-state index is 14.5. The molecular formula is C81H86N12O15. The van der Waals surface area contributed by atoms with Crippen molar-refractivity contribution in [3.63, 3.8) is 0 Å². The third-order valence-corrected chi connectivity index (χ3v) is 20.3. The predicted molar refractivity (Wildman–Crippen MR) is 400 cm³/mol. The van der Waals surface area contributed by atoms with Crippen molar-refractivity contribution in [1.82, 2.24) is 40.8 Å². The van der Waals surface area contributed by atoms with Gasteiger partial charge < -0.3 is 75.4 Å². The third-order valence-electron chi connectivity index (χ3n) is 20.3. The number of anilines is 4. The van der Waals surface area contributed by atoms with E-state index >= 15 is 0 Å². The molecule has 27 nitrogen and oxygen atoms in total. The molecule has 1 spiro atoms. The number of unbranched alkanes of at least 4 members (excludes halogenated alkanes) is 2. The quantitative estimate of drug-likeness (QED) is 0.0188. The third kappa shape index (κ3) is 16.7. The molecule has 1 aromatic heterocycles. The predicted octanol–water partition coefficient (Wildman–Crippen LogP) is 8.21. The number of nitrogens with zero attached hydrogens (tertiary/aromatic N) is 6. The molecule has 5 aliphatic heterocycles. The van der Waals surface area contributed by atoms with Crippen LogP contribution in [0.2, 0.25) is 0 Å². The van der Waals surface area contributed by atoms with Gasteiger partial charge in [-0.2, -0.15) is 5.10 Å².